The summed E-state index contributed by atoms with van der Waals surface area (Å²) in [6.07, 6.45) is 0. The Labute approximate surface area is 184 Å². The minimum absolute atomic E-state index is 0.878. The number of aromatic amines is 2. The number of nitrogens with one attached hydrogen (secondary N) is 2. The summed E-state index contributed by atoms with van der Waals surface area (Å²) in [6.45, 7) is 6.31. The molecule has 2 N–H and O–H groups in total. The highest BCUT2D eigenvalue weighted by molar-refractivity contribution is 9.10. The van der Waals surface area contributed by atoms with Gasteiger partial charge in [0, 0.05) is 37.8 Å². The zero-order valence-corrected chi connectivity index (χ0v) is 18.8. The summed E-state index contributed by atoms with van der Waals surface area (Å²) in [7, 11) is 0. The Morgan fingerprint density at radius 2 is 1.37 bits per heavy atom. The summed E-state index contributed by atoms with van der Waals surface area (Å²) in [5.41, 5.74) is 10.1. The van der Waals surface area contributed by atoms with Crippen molar-refractivity contribution in [3.63, 3.8) is 0 Å². The molecule has 3 nitrogen and oxygen atoms in total. The standard InChI is InChI=1S/C26H22BrN3/c1-15-4-8-18(9-5-15)24-25(19-10-6-16(2)7-11-19)30-26(29-24)23-17(3)28-22-13-12-20(27)14-21(22)23/h4-14,28H,1-3H3,(H,29,30). The Morgan fingerprint density at radius 3 is 2.03 bits per heavy atom. The molecule has 0 unspecified atom stereocenters. The van der Waals surface area contributed by atoms with Gasteiger partial charge in [-0.25, -0.2) is 4.98 Å². The van der Waals surface area contributed by atoms with Crippen molar-refractivity contribution >= 4 is 26.8 Å². The molecule has 0 saturated heterocycles. The van der Waals surface area contributed by atoms with E-state index in [4.69, 9.17) is 4.98 Å². The highest BCUT2D eigenvalue weighted by atomic mass is 79.9. The molecule has 0 aliphatic heterocycles. The maximum atomic E-state index is 5.10. The Hall–Kier alpha value is -3.11. The number of nitrogens with zero attached hydrogens (tertiary/aromatic N) is 1. The van der Waals surface area contributed by atoms with Crippen molar-refractivity contribution in [2.24, 2.45) is 0 Å². The maximum absolute atomic E-state index is 5.10. The van der Waals surface area contributed by atoms with E-state index in [1.165, 1.54) is 11.1 Å². The first-order valence-corrected chi connectivity index (χ1v) is 10.8. The molecule has 0 atom stereocenters. The van der Waals surface area contributed by atoms with Gasteiger partial charge in [0.05, 0.1) is 11.4 Å². The van der Waals surface area contributed by atoms with E-state index in [9.17, 15) is 0 Å². The van der Waals surface area contributed by atoms with Crippen LogP contribution < -0.4 is 0 Å². The molecule has 0 fully saturated rings. The average Bonchev–Trinajstić information content (AvgIpc) is 3.29. The molecule has 5 aromatic rings. The number of hydrogen-bond acceptors (Lipinski definition) is 1. The first-order valence-electron chi connectivity index (χ1n) is 10.0. The molecule has 2 aromatic heterocycles. The largest absolute Gasteiger partial charge is 0.358 e. The quantitative estimate of drug-likeness (QED) is 0.289. The second-order valence-electron chi connectivity index (χ2n) is 7.86. The van der Waals surface area contributed by atoms with Crippen molar-refractivity contribution < 1.29 is 0 Å². The summed E-state index contributed by atoms with van der Waals surface area (Å²) in [6, 6.07) is 23.5. The molecule has 0 aliphatic carbocycles. The predicted octanol–water partition coefficient (Wildman–Crippen LogP) is 7.58. The van der Waals surface area contributed by atoms with Crippen molar-refractivity contribution in [1.29, 1.82) is 0 Å². The van der Waals surface area contributed by atoms with E-state index in [-0.39, 0.29) is 0 Å². The lowest BCUT2D eigenvalue weighted by atomic mass is 10.0. The lowest BCUT2D eigenvalue weighted by Gasteiger charge is -2.04. The molecule has 0 spiro atoms. The highest BCUT2D eigenvalue weighted by Gasteiger charge is 2.19. The number of halogens is 1. The molecule has 0 saturated carbocycles. The summed E-state index contributed by atoms with van der Waals surface area (Å²) < 4.78 is 1.05. The first kappa shape index (κ1) is 18.9. The van der Waals surface area contributed by atoms with Gasteiger partial charge in [-0.05, 0) is 39.0 Å². The predicted molar refractivity (Wildman–Crippen MR) is 129 cm³/mol. The molecule has 3 aromatic carbocycles. The molecular formula is C26H22BrN3. The van der Waals surface area contributed by atoms with E-state index in [2.05, 4.69) is 113 Å². The zero-order valence-electron chi connectivity index (χ0n) is 17.2. The second-order valence-corrected chi connectivity index (χ2v) is 8.77. The Morgan fingerprint density at radius 1 is 0.733 bits per heavy atom. The molecule has 4 heteroatoms. The molecule has 30 heavy (non-hydrogen) atoms. The molecule has 2 heterocycles. The summed E-state index contributed by atoms with van der Waals surface area (Å²) >= 11 is 3.61. The molecule has 0 radical (unpaired) electrons. The number of fused-ring (bicyclic) bond motifs is 1. The summed E-state index contributed by atoms with van der Waals surface area (Å²) in [5.74, 6) is 0.878. The van der Waals surface area contributed by atoms with E-state index >= 15 is 0 Å². The fraction of sp³-hybridized carbons (Fsp3) is 0.115. The van der Waals surface area contributed by atoms with Gasteiger partial charge in [-0.3, -0.25) is 0 Å². The van der Waals surface area contributed by atoms with Gasteiger partial charge < -0.3 is 9.97 Å². The smallest absolute Gasteiger partial charge is 0.140 e. The van der Waals surface area contributed by atoms with Crippen LogP contribution in [0.1, 0.15) is 16.8 Å². The van der Waals surface area contributed by atoms with Crippen LogP contribution in [0.25, 0.3) is 44.8 Å². The van der Waals surface area contributed by atoms with Crippen molar-refractivity contribution in [3.05, 3.63) is 88.0 Å². The lowest BCUT2D eigenvalue weighted by molar-refractivity contribution is 1.25. The van der Waals surface area contributed by atoms with Crippen LogP contribution in [-0.2, 0) is 0 Å². The van der Waals surface area contributed by atoms with Crippen molar-refractivity contribution in [1.82, 2.24) is 15.0 Å². The lowest BCUT2D eigenvalue weighted by Crippen LogP contribution is -1.84. The summed E-state index contributed by atoms with van der Waals surface area (Å²) in [5, 5.41) is 1.15. The maximum Gasteiger partial charge on any atom is 0.140 e. The van der Waals surface area contributed by atoms with Gasteiger partial charge in [0.2, 0.25) is 0 Å². The number of aromatic nitrogens is 3. The van der Waals surface area contributed by atoms with Crippen molar-refractivity contribution in [2.45, 2.75) is 20.8 Å². The Balaban J connectivity index is 1.76. The van der Waals surface area contributed by atoms with Crippen LogP contribution in [0.5, 0.6) is 0 Å². The minimum Gasteiger partial charge on any atom is -0.358 e. The van der Waals surface area contributed by atoms with E-state index in [1.807, 2.05) is 0 Å². The average molecular weight is 456 g/mol. The van der Waals surface area contributed by atoms with Crippen LogP contribution >= 0.6 is 15.9 Å². The monoisotopic (exact) mass is 455 g/mol. The molecule has 0 bridgehead atoms. The molecular weight excluding hydrogens is 434 g/mol. The van der Waals surface area contributed by atoms with Crippen molar-refractivity contribution in [3.8, 4) is 33.9 Å². The molecule has 0 amide bonds. The third kappa shape index (κ3) is 3.27. The van der Waals surface area contributed by atoms with Crippen LogP contribution in [0.15, 0.2) is 71.2 Å². The van der Waals surface area contributed by atoms with Gasteiger partial charge in [-0.15, -0.1) is 0 Å². The van der Waals surface area contributed by atoms with Gasteiger partial charge in [-0.1, -0.05) is 75.6 Å². The van der Waals surface area contributed by atoms with Gasteiger partial charge in [0.15, 0.2) is 0 Å². The number of aryl methyl sites for hydroxylation is 3. The molecule has 5 rings (SSSR count). The van der Waals surface area contributed by atoms with Crippen LogP contribution in [-0.4, -0.2) is 15.0 Å². The van der Waals surface area contributed by atoms with E-state index in [0.717, 1.165) is 55.0 Å². The number of hydrogen-bond donors (Lipinski definition) is 2. The Bertz CT molecular complexity index is 1290. The topological polar surface area (TPSA) is 44.5 Å². The van der Waals surface area contributed by atoms with E-state index in [1.54, 1.807) is 0 Å². The summed E-state index contributed by atoms with van der Waals surface area (Å²) in [4.78, 5) is 12.2. The fourth-order valence-electron chi connectivity index (χ4n) is 3.95. The van der Waals surface area contributed by atoms with Crippen LogP contribution in [0.4, 0.5) is 0 Å². The molecule has 148 valence electrons. The number of benzene rings is 3. The number of H-pyrrole nitrogens is 2. The highest BCUT2D eigenvalue weighted by Crippen LogP contribution is 2.37. The molecule has 0 aliphatic rings. The van der Waals surface area contributed by atoms with Crippen molar-refractivity contribution in [2.75, 3.05) is 0 Å². The normalized spacial score (nSPS) is 11.3. The van der Waals surface area contributed by atoms with Crippen LogP contribution in [0.2, 0.25) is 0 Å². The van der Waals surface area contributed by atoms with Gasteiger partial charge in [0.1, 0.15) is 5.82 Å². The van der Waals surface area contributed by atoms with Gasteiger partial charge >= 0.3 is 0 Å². The van der Waals surface area contributed by atoms with E-state index < -0.39 is 0 Å². The second kappa shape index (κ2) is 7.29. The number of rotatable bonds is 3. The Kier molecular flexibility index (Phi) is 4.59. The van der Waals surface area contributed by atoms with Gasteiger partial charge in [-0.2, -0.15) is 0 Å². The third-order valence-corrected chi connectivity index (χ3v) is 6.05. The minimum atomic E-state index is 0.878. The number of imidazole rings is 1. The van der Waals surface area contributed by atoms with Crippen LogP contribution in [0.3, 0.4) is 0 Å². The fourth-order valence-corrected chi connectivity index (χ4v) is 4.31. The zero-order chi connectivity index (χ0) is 20.8. The van der Waals surface area contributed by atoms with Gasteiger partial charge in [0.25, 0.3) is 0 Å². The van der Waals surface area contributed by atoms with Crippen LogP contribution in [0, 0.1) is 20.8 Å². The SMILES string of the molecule is Cc1ccc(-c2nc(-c3c(C)[nH]c4ccc(Br)cc34)[nH]c2-c2ccc(C)cc2)cc1. The third-order valence-electron chi connectivity index (χ3n) is 5.55. The van der Waals surface area contributed by atoms with E-state index in [0.29, 0.717) is 0 Å². The first-order chi connectivity index (χ1) is 14.5.